The van der Waals surface area contributed by atoms with E-state index in [1.165, 1.54) is 0 Å². The van der Waals surface area contributed by atoms with Crippen LogP contribution in [-0.2, 0) is 25.6 Å². The zero-order valence-corrected chi connectivity index (χ0v) is 23.3. The summed E-state index contributed by atoms with van der Waals surface area (Å²) < 4.78 is 0. The highest BCUT2D eigenvalue weighted by molar-refractivity contribution is 5.92. The molecule has 0 aliphatic rings. The van der Waals surface area contributed by atoms with Crippen molar-refractivity contribution in [2.24, 2.45) is 23.0 Å². The average molecular weight is 519 g/mol. The maximum Gasteiger partial charge on any atom is 0.305 e. The molecule has 9 heteroatoms. The molecule has 0 aliphatic heterocycles. The highest BCUT2D eigenvalue weighted by Crippen LogP contribution is 2.18. The number of aliphatic carboxylic acids is 1. The van der Waals surface area contributed by atoms with Crippen LogP contribution in [0.15, 0.2) is 30.3 Å². The molecule has 9 nitrogen and oxygen atoms in total. The topological polar surface area (TPSA) is 151 Å². The van der Waals surface area contributed by atoms with E-state index in [0.717, 1.165) is 5.56 Å². The summed E-state index contributed by atoms with van der Waals surface area (Å²) in [5, 5.41) is 17.8. The van der Waals surface area contributed by atoms with Gasteiger partial charge in [0, 0.05) is 18.5 Å². The number of rotatable bonds is 14. The molecule has 0 bridgehead atoms. The zero-order chi connectivity index (χ0) is 28.3. The molecule has 1 rings (SSSR count). The van der Waals surface area contributed by atoms with Gasteiger partial charge < -0.3 is 26.8 Å². The molecule has 6 N–H and O–H groups in total. The molecule has 208 valence electrons. The lowest BCUT2D eigenvalue weighted by Crippen LogP contribution is -2.59. The van der Waals surface area contributed by atoms with Crippen molar-refractivity contribution in [3.63, 3.8) is 0 Å². The predicted octanol–water partition coefficient (Wildman–Crippen LogP) is 2.62. The Morgan fingerprint density at radius 2 is 1.51 bits per heavy atom. The molecular formula is C28H46N4O5. The zero-order valence-electron chi connectivity index (χ0n) is 23.3. The van der Waals surface area contributed by atoms with Crippen molar-refractivity contribution in [1.29, 1.82) is 0 Å². The summed E-state index contributed by atoms with van der Waals surface area (Å²) in [6, 6.07) is 6.20. The van der Waals surface area contributed by atoms with Crippen molar-refractivity contribution in [1.82, 2.24) is 16.0 Å². The maximum absolute atomic E-state index is 13.3. The highest BCUT2D eigenvalue weighted by Gasteiger charge is 2.32. The molecule has 0 aliphatic carbocycles. The first-order chi connectivity index (χ1) is 17.1. The van der Waals surface area contributed by atoms with Gasteiger partial charge >= 0.3 is 5.97 Å². The summed E-state index contributed by atoms with van der Waals surface area (Å²) in [6.45, 7) is 13.4. The predicted molar refractivity (Wildman–Crippen MR) is 145 cm³/mol. The van der Waals surface area contributed by atoms with Crippen LogP contribution in [-0.4, -0.2) is 53.0 Å². The Bertz CT molecular complexity index is 896. The molecule has 4 atom stereocenters. The highest BCUT2D eigenvalue weighted by atomic mass is 16.4. The second-order valence-electron chi connectivity index (χ2n) is 11.8. The normalized spacial score (nSPS) is 15.0. The summed E-state index contributed by atoms with van der Waals surface area (Å²) in [4.78, 5) is 50.4. The Hall–Kier alpha value is -2.94. The van der Waals surface area contributed by atoms with Gasteiger partial charge in [-0.1, -0.05) is 78.8 Å². The third-order valence-corrected chi connectivity index (χ3v) is 5.85. The van der Waals surface area contributed by atoms with Crippen molar-refractivity contribution >= 4 is 23.7 Å². The second kappa shape index (κ2) is 14.7. The van der Waals surface area contributed by atoms with Crippen molar-refractivity contribution in [3.8, 4) is 0 Å². The number of carbonyl (C=O) groups is 4. The van der Waals surface area contributed by atoms with Gasteiger partial charge in [0.05, 0.1) is 6.42 Å². The minimum absolute atomic E-state index is 0.140. The molecule has 3 amide bonds. The Labute approximate surface area is 221 Å². The lowest BCUT2D eigenvalue weighted by Gasteiger charge is -2.30. The van der Waals surface area contributed by atoms with E-state index in [1.807, 2.05) is 78.8 Å². The molecule has 0 radical (unpaired) electrons. The fraction of sp³-hybridized carbons (Fsp3) is 0.643. The van der Waals surface area contributed by atoms with Crippen LogP contribution in [0.3, 0.4) is 0 Å². The third kappa shape index (κ3) is 12.7. The SMILES string of the molecule is CC(C)C[C@H](NC(=O)CC(C)(C)C)C(=O)N[C@H](C(=O)N[C@@H](Cc1ccccc1)[C@@H](N)CC(=O)O)C(C)C. The Balaban J connectivity index is 3.05. The number of nitrogens with one attached hydrogen (secondary N) is 3. The van der Waals surface area contributed by atoms with E-state index in [4.69, 9.17) is 5.73 Å². The Kier molecular flexibility index (Phi) is 12.8. The number of amides is 3. The van der Waals surface area contributed by atoms with E-state index in [0.29, 0.717) is 12.8 Å². The standard InChI is InChI=1S/C28H46N4O5/c1-17(2)13-22(30-23(33)16-28(5,6)7)26(36)32-25(18(3)4)27(37)31-21(20(29)15-24(34)35)14-19-11-9-8-10-12-19/h8-12,17-18,20-22,25H,13-16,29H2,1-7H3,(H,30,33)(H,31,37)(H,32,36)(H,34,35)/t20-,21-,22-,25-/m0/s1. The Morgan fingerprint density at radius 1 is 0.919 bits per heavy atom. The molecule has 1 aromatic carbocycles. The largest absolute Gasteiger partial charge is 0.481 e. The van der Waals surface area contributed by atoms with Crippen LogP contribution in [0.2, 0.25) is 0 Å². The molecule has 0 heterocycles. The van der Waals surface area contributed by atoms with Crippen LogP contribution in [0.5, 0.6) is 0 Å². The number of nitrogens with two attached hydrogens (primary N) is 1. The van der Waals surface area contributed by atoms with Crippen LogP contribution >= 0.6 is 0 Å². The van der Waals surface area contributed by atoms with Gasteiger partial charge in [-0.05, 0) is 35.7 Å². The number of benzene rings is 1. The van der Waals surface area contributed by atoms with Crippen LogP contribution in [0.1, 0.15) is 73.3 Å². The lowest BCUT2D eigenvalue weighted by molar-refractivity contribution is -0.138. The van der Waals surface area contributed by atoms with Crippen molar-refractivity contribution in [3.05, 3.63) is 35.9 Å². The number of carbonyl (C=O) groups excluding carboxylic acids is 3. The number of carboxylic acids is 1. The smallest absolute Gasteiger partial charge is 0.305 e. The molecule has 0 fully saturated rings. The molecule has 0 saturated heterocycles. The van der Waals surface area contributed by atoms with Gasteiger partial charge in [0.1, 0.15) is 12.1 Å². The monoisotopic (exact) mass is 518 g/mol. The first kappa shape index (κ1) is 32.1. The van der Waals surface area contributed by atoms with Gasteiger partial charge in [-0.3, -0.25) is 19.2 Å². The lowest BCUT2D eigenvalue weighted by atomic mass is 9.91. The van der Waals surface area contributed by atoms with E-state index in [2.05, 4.69) is 16.0 Å². The second-order valence-corrected chi connectivity index (χ2v) is 11.8. The van der Waals surface area contributed by atoms with Gasteiger partial charge in [-0.2, -0.15) is 0 Å². The van der Waals surface area contributed by atoms with Gasteiger partial charge in [-0.15, -0.1) is 0 Å². The van der Waals surface area contributed by atoms with Gasteiger partial charge in [0.25, 0.3) is 0 Å². The van der Waals surface area contributed by atoms with Gasteiger partial charge in [0.2, 0.25) is 17.7 Å². The van der Waals surface area contributed by atoms with E-state index in [-0.39, 0.29) is 36.0 Å². The van der Waals surface area contributed by atoms with Crippen LogP contribution in [0.25, 0.3) is 0 Å². The Morgan fingerprint density at radius 3 is 2.00 bits per heavy atom. The molecule has 0 spiro atoms. The van der Waals surface area contributed by atoms with Crippen molar-refractivity contribution in [2.75, 3.05) is 0 Å². The number of hydrogen-bond acceptors (Lipinski definition) is 5. The molecule has 0 aromatic heterocycles. The molecule has 0 unspecified atom stereocenters. The third-order valence-electron chi connectivity index (χ3n) is 5.85. The maximum atomic E-state index is 13.3. The van der Waals surface area contributed by atoms with Gasteiger partial charge in [-0.25, -0.2) is 0 Å². The van der Waals surface area contributed by atoms with Crippen LogP contribution < -0.4 is 21.7 Å². The summed E-state index contributed by atoms with van der Waals surface area (Å²) in [5.74, 6) is -2.28. The molecule has 37 heavy (non-hydrogen) atoms. The van der Waals surface area contributed by atoms with Crippen LogP contribution in [0, 0.1) is 17.3 Å². The van der Waals surface area contributed by atoms with E-state index in [9.17, 15) is 24.3 Å². The van der Waals surface area contributed by atoms with Crippen molar-refractivity contribution < 1.29 is 24.3 Å². The van der Waals surface area contributed by atoms with Crippen molar-refractivity contribution in [2.45, 2.75) is 98.3 Å². The summed E-state index contributed by atoms with van der Waals surface area (Å²) >= 11 is 0. The molecule has 0 saturated carbocycles. The van der Waals surface area contributed by atoms with E-state index in [1.54, 1.807) is 0 Å². The number of carboxylic acid groups (broad SMARTS) is 1. The fourth-order valence-corrected chi connectivity index (χ4v) is 4.01. The minimum atomic E-state index is -1.06. The summed E-state index contributed by atoms with van der Waals surface area (Å²) in [6.07, 6.45) is 0.727. The summed E-state index contributed by atoms with van der Waals surface area (Å²) in [7, 11) is 0. The average Bonchev–Trinajstić information content (AvgIpc) is 2.74. The quantitative estimate of drug-likeness (QED) is 0.255. The minimum Gasteiger partial charge on any atom is -0.481 e. The number of hydrogen-bond donors (Lipinski definition) is 5. The fourth-order valence-electron chi connectivity index (χ4n) is 4.01. The summed E-state index contributed by atoms with van der Waals surface area (Å²) in [5.41, 5.74) is 6.84. The first-order valence-corrected chi connectivity index (χ1v) is 13.0. The van der Waals surface area contributed by atoms with E-state index >= 15 is 0 Å². The van der Waals surface area contributed by atoms with E-state index < -0.39 is 42.0 Å². The molecular weight excluding hydrogens is 472 g/mol. The molecule has 1 aromatic rings. The van der Waals surface area contributed by atoms with Gasteiger partial charge in [0.15, 0.2) is 0 Å². The van der Waals surface area contributed by atoms with Crippen LogP contribution in [0.4, 0.5) is 0 Å². The first-order valence-electron chi connectivity index (χ1n) is 13.0.